The molecule has 0 bridgehead atoms. The van der Waals surface area contributed by atoms with Crippen molar-refractivity contribution in [3.8, 4) is 0 Å². The lowest BCUT2D eigenvalue weighted by Gasteiger charge is -2.16. The number of aromatic nitrogens is 3. The Morgan fingerprint density at radius 3 is 2.52 bits per heavy atom. The van der Waals surface area contributed by atoms with E-state index in [0.717, 1.165) is 12.1 Å². The summed E-state index contributed by atoms with van der Waals surface area (Å²) in [6.45, 7) is 3.59. The molecule has 2 aromatic heterocycles. The van der Waals surface area contributed by atoms with Crippen molar-refractivity contribution in [3.05, 3.63) is 47.4 Å². The molecule has 1 atom stereocenters. The molecule has 0 fully saturated rings. The lowest BCUT2D eigenvalue weighted by molar-refractivity contribution is -0.137. The number of primary amides is 1. The van der Waals surface area contributed by atoms with Crippen LogP contribution in [0.4, 0.5) is 13.2 Å². The molecule has 3 rings (SSSR count). The van der Waals surface area contributed by atoms with Crippen molar-refractivity contribution in [3.63, 3.8) is 0 Å². The van der Waals surface area contributed by atoms with E-state index < -0.39 is 33.7 Å². The van der Waals surface area contributed by atoms with Crippen molar-refractivity contribution in [2.75, 3.05) is 0 Å². The fraction of sp³-hybridized carbons (Fsp3) is 0.368. The highest BCUT2D eigenvalue weighted by molar-refractivity contribution is 7.89. The van der Waals surface area contributed by atoms with Crippen LogP contribution in [0.5, 0.6) is 0 Å². The van der Waals surface area contributed by atoms with Gasteiger partial charge in [0.25, 0.3) is 10.0 Å². The summed E-state index contributed by atoms with van der Waals surface area (Å²) in [5, 5.41) is -0.0749. The number of halogens is 3. The summed E-state index contributed by atoms with van der Waals surface area (Å²) in [6.07, 6.45) is -4.62. The summed E-state index contributed by atoms with van der Waals surface area (Å²) in [7, 11) is -2.52. The Balaban J connectivity index is 1.97. The first-order valence-corrected chi connectivity index (χ1v) is 10.9. The SMILES string of the molecule is CCn1c([C@@H](C)NS(=O)(=O)c2ccc(CC(N)=O)n2C)nc2ccc(C(F)(F)F)cc21. The van der Waals surface area contributed by atoms with Crippen LogP contribution in [-0.2, 0) is 41.0 Å². The molecule has 31 heavy (non-hydrogen) atoms. The number of nitrogens with two attached hydrogens (primary N) is 1. The second kappa shape index (κ2) is 8.00. The van der Waals surface area contributed by atoms with E-state index in [1.807, 2.05) is 0 Å². The molecular weight excluding hydrogens is 435 g/mol. The fourth-order valence-electron chi connectivity index (χ4n) is 3.48. The van der Waals surface area contributed by atoms with Crippen molar-refractivity contribution in [2.45, 2.75) is 44.1 Å². The van der Waals surface area contributed by atoms with Gasteiger partial charge in [-0.05, 0) is 44.2 Å². The van der Waals surface area contributed by atoms with Crippen LogP contribution in [0.25, 0.3) is 11.0 Å². The van der Waals surface area contributed by atoms with Gasteiger partial charge >= 0.3 is 6.18 Å². The first-order chi connectivity index (χ1) is 14.3. The molecule has 3 aromatic rings. The number of nitrogens with zero attached hydrogens (tertiary/aromatic N) is 3. The average molecular weight is 457 g/mol. The lowest BCUT2D eigenvalue weighted by Crippen LogP contribution is -2.30. The molecule has 0 saturated heterocycles. The molecule has 0 aliphatic heterocycles. The zero-order valence-electron chi connectivity index (χ0n) is 17.1. The maximum atomic E-state index is 13.1. The summed E-state index contributed by atoms with van der Waals surface area (Å²) in [4.78, 5) is 15.5. The van der Waals surface area contributed by atoms with Gasteiger partial charge in [-0.15, -0.1) is 0 Å². The molecule has 0 aliphatic rings. The predicted molar refractivity (Wildman–Crippen MR) is 107 cm³/mol. The normalized spacial score (nSPS) is 13.6. The van der Waals surface area contributed by atoms with E-state index in [4.69, 9.17) is 5.73 Å². The average Bonchev–Trinajstić information content (AvgIpc) is 3.20. The third-order valence-corrected chi connectivity index (χ3v) is 6.58. The maximum absolute atomic E-state index is 13.1. The second-order valence-electron chi connectivity index (χ2n) is 7.12. The summed E-state index contributed by atoms with van der Waals surface area (Å²) < 4.78 is 70.5. The van der Waals surface area contributed by atoms with Gasteiger partial charge < -0.3 is 14.9 Å². The monoisotopic (exact) mass is 457 g/mol. The van der Waals surface area contributed by atoms with Gasteiger partial charge in [0.15, 0.2) is 0 Å². The predicted octanol–water partition coefficient (Wildman–Crippen LogP) is 2.48. The van der Waals surface area contributed by atoms with Crippen LogP contribution in [0.3, 0.4) is 0 Å². The Hall–Kier alpha value is -2.86. The van der Waals surface area contributed by atoms with E-state index in [9.17, 15) is 26.4 Å². The van der Waals surface area contributed by atoms with Crippen LogP contribution in [0.2, 0.25) is 0 Å². The Bertz CT molecular complexity index is 1240. The number of carbonyl (C=O) groups is 1. The van der Waals surface area contributed by atoms with Crippen molar-refractivity contribution in [2.24, 2.45) is 12.8 Å². The van der Waals surface area contributed by atoms with E-state index >= 15 is 0 Å². The standard InChI is InChI=1S/C19H22F3N5O3S/c1-4-27-15-9-12(19(20,21)22)5-7-14(15)24-18(27)11(2)25-31(29,30)17-8-6-13(26(17)3)10-16(23)28/h5-9,11,25H,4,10H2,1-3H3,(H2,23,28)/t11-/m1/s1. The van der Waals surface area contributed by atoms with Gasteiger partial charge in [-0.25, -0.2) is 13.4 Å². The molecule has 2 heterocycles. The molecule has 3 N–H and O–H groups in total. The van der Waals surface area contributed by atoms with Crippen LogP contribution in [0.1, 0.15) is 37.0 Å². The third-order valence-electron chi connectivity index (χ3n) is 4.95. The number of imidazole rings is 1. The molecule has 0 saturated carbocycles. The van der Waals surface area contributed by atoms with Crippen LogP contribution < -0.4 is 10.5 Å². The van der Waals surface area contributed by atoms with E-state index in [0.29, 0.717) is 17.8 Å². The van der Waals surface area contributed by atoms with E-state index in [1.54, 1.807) is 18.4 Å². The molecule has 0 aliphatic carbocycles. The van der Waals surface area contributed by atoms with Gasteiger partial charge in [0.1, 0.15) is 10.9 Å². The number of hydrogen-bond donors (Lipinski definition) is 2. The van der Waals surface area contributed by atoms with Gasteiger partial charge in [0, 0.05) is 19.3 Å². The molecule has 0 unspecified atom stereocenters. The molecule has 0 radical (unpaired) electrons. The molecule has 168 valence electrons. The number of rotatable bonds is 7. The Kier molecular flexibility index (Phi) is 5.89. The summed E-state index contributed by atoms with van der Waals surface area (Å²) in [5.74, 6) is -0.312. The Morgan fingerprint density at radius 2 is 1.94 bits per heavy atom. The van der Waals surface area contributed by atoms with Crippen molar-refractivity contribution < 1.29 is 26.4 Å². The van der Waals surface area contributed by atoms with Crippen LogP contribution in [0, 0.1) is 0 Å². The van der Waals surface area contributed by atoms with Crippen molar-refractivity contribution in [1.29, 1.82) is 0 Å². The van der Waals surface area contributed by atoms with E-state index in [-0.39, 0.29) is 22.8 Å². The number of sulfonamides is 1. The van der Waals surface area contributed by atoms with Gasteiger partial charge in [0.2, 0.25) is 5.91 Å². The first kappa shape index (κ1) is 22.8. The number of fused-ring (bicyclic) bond motifs is 1. The number of amides is 1. The van der Waals surface area contributed by atoms with Gasteiger partial charge in [0.05, 0.1) is 29.1 Å². The number of aryl methyl sites for hydroxylation is 1. The third kappa shape index (κ3) is 4.44. The van der Waals surface area contributed by atoms with Crippen molar-refractivity contribution in [1.82, 2.24) is 18.8 Å². The van der Waals surface area contributed by atoms with Gasteiger partial charge in [-0.2, -0.15) is 17.9 Å². The number of benzene rings is 1. The van der Waals surface area contributed by atoms with Crippen LogP contribution in [-0.4, -0.2) is 28.4 Å². The van der Waals surface area contributed by atoms with E-state index in [1.165, 1.54) is 29.8 Å². The number of alkyl halides is 3. The summed E-state index contributed by atoms with van der Waals surface area (Å²) >= 11 is 0. The fourth-order valence-corrected chi connectivity index (χ4v) is 4.90. The molecule has 0 spiro atoms. The number of hydrogen-bond acceptors (Lipinski definition) is 4. The zero-order chi connectivity index (χ0) is 23.1. The number of nitrogens with one attached hydrogen (secondary N) is 1. The minimum absolute atomic E-state index is 0.0749. The van der Waals surface area contributed by atoms with Gasteiger partial charge in [-0.3, -0.25) is 4.79 Å². The molecule has 8 nitrogen and oxygen atoms in total. The quantitative estimate of drug-likeness (QED) is 0.568. The molecule has 1 amide bonds. The Morgan fingerprint density at radius 1 is 1.26 bits per heavy atom. The van der Waals surface area contributed by atoms with E-state index in [2.05, 4.69) is 9.71 Å². The lowest BCUT2D eigenvalue weighted by atomic mass is 10.2. The van der Waals surface area contributed by atoms with Crippen molar-refractivity contribution >= 4 is 27.0 Å². The highest BCUT2D eigenvalue weighted by Crippen LogP contribution is 2.32. The first-order valence-electron chi connectivity index (χ1n) is 9.37. The molecule has 12 heteroatoms. The largest absolute Gasteiger partial charge is 0.416 e. The highest BCUT2D eigenvalue weighted by Gasteiger charge is 2.32. The maximum Gasteiger partial charge on any atom is 0.416 e. The van der Waals surface area contributed by atoms with Gasteiger partial charge in [-0.1, -0.05) is 0 Å². The topological polar surface area (TPSA) is 112 Å². The molecular formula is C19H22F3N5O3S. The second-order valence-corrected chi connectivity index (χ2v) is 8.78. The minimum Gasteiger partial charge on any atom is -0.369 e. The zero-order valence-corrected chi connectivity index (χ0v) is 17.9. The summed E-state index contributed by atoms with van der Waals surface area (Å²) in [6, 6.07) is 5.22. The Labute approximate surface area is 176 Å². The highest BCUT2D eigenvalue weighted by atomic mass is 32.2. The van der Waals surface area contributed by atoms with Crippen LogP contribution in [0.15, 0.2) is 35.4 Å². The molecule has 1 aromatic carbocycles. The number of carbonyl (C=O) groups excluding carboxylic acids is 1. The van der Waals surface area contributed by atoms with Crippen LogP contribution >= 0.6 is 0 Å². The smallest absolute Gasteiger partial charge is 0.369 e. The summed E-state index contributed by atoms with van der Waals surface area (Å²) in [5.41, 5.74) is 5.40. The minimum atomic E-state index is -4.50.